The van der Waals surface area contributed by atoms with Crippen LogP contribution in [0, 0.1) is 12.8 Å². The zero-order valence-electron chi connectivity index (χ0n) is 17.8. The van der Waals surface area contributed by atoms with Crippen LogP contribution in [0.15, 0.2) is 48.5 Å². The number of nitrogens with zero attached hydrogens (tertiary/aromatic N) is 2. The monoisotopic (exact) mass is 384 g/mol. The van der Waals surface area contributed by atoms with Crippen molar-refractivity contribution in [3.05, 3.63) is 70.9 Å². The van der Waals surface area contributed by atoms with Crippen LogP contribution >= 0.6 is 0 Å². The zero-order chi connectivity index (χ0) is 19.8. The lowest BCUT2D eigenvalue weighted by Crippen LogP contribution is -2.27. The van der Waals surface area contributed by atoms with E-state index in [2.05, 4.69) is 78.2 Å². The van der Waals surface area contributed by atoms with Crippen molar-refractivity contribution in [1.82, 2.24) is 9.47 Å². The predicted molar refractivity (Wildman–Crippen MR) is 124 cm³/mol. The number of benzene rings is 2. The number of aryl methyl sites for hydroxylation is 1. The third-order valence-electron chi connectivity index (χ3n) is 6.95. The van der Waals surface area contributed by atoms with Gasteiger partial charge in [-0.1, -0.05) is 61.2 Å². The van der Waals surface area contributed by atoms with E-state index in [1.165, 1.54) is 71.0 Å². The Labute approximate surface area is 174 Å². The minimum Gasteiger partial charge on any atom is -0.320 e. The molecule has 2 heteroatoms. The van der Waals surface area contributed by atoms with E-state index in [0.29, 0.717) is 5.92 Å². The summed E-state index contributed by atoms with van der Waals surface area (Å²) in [5.41, 5.74) is 8.71. The van der Waals surface area contributed by atoms with Crippen molar-refractivity contribution in [2.45, 2.75) is 52.0 Å². The molecular formula is C27H32N2. The van der Waals surface area contributed by atoms with Gasteiger partial charge in [-0.3, -0.25) is 0 Å². The van der Waals surface area contributed by atoms with Gasteiger partial charge in [0.2, 0.25) is 0 Å². The molecule has 0 radical (unpaired) electrons. The number of allylic oxidation sites excluding steroid dienone is 1. The fourth-order valence-electron chi connectivity index (χ4n) is 5.39. The van der Waals surface area contributed by atoms with Crippen molar-refractivity contribution < 1.29 is 0 Å². The molecule has 2 heterocycles. The molecule has 5 rings (SSSR count). The van der Waals surface area contributed by atoms with Crippen molar-refractivity contribution in [2.24, 2.45) is 5.92 Å². The smallest absolute Gasteiger partial charge is 0.0529 e. The molecule has 1 aliphatic heterocycles. The summed E-state index contributed by atoms with van der Waals surface area (Å²) in [4.78, 5) is 2.46. The lowest BCUT2D eigenvalue weighted by atomic mass is 9.81. The van der Waals surface area contributed by atoms with E-state index in [9.17, 15) is 0 Å². The zero-order valence-corrected chi connectivity index (χ0v) is 17.8. The van der Waals surface area contributed by atoms with Gasteiger partial charge in [0.15, 0.2) is 0 Å². The van der Waals surface area contributed by atoms with Crippen LogP contribution in [0.4, 0.5) is 0 Å². The summed E-state index contributed by atoms with van der Waals surface area (Å²) >= 11 is 0. The van der Waals surface area contributed by atoms with E-state index in [0.717, 1.165) is 19.5 Å². The third-order valence-corrected chi connectivity index (χ3v) is 6.95. The Morgan fingerprint density at radius 1 is 1.00 bits per heavy atom. The fourth-order valence-corrected chi connectivity index (χ4v) is 5.39. The SMILES string of the molecule is Cc1ccc2c(c1)c1c(n2C=C(c2ccccc2)C2CCCCC2)CCN(C)C1. The molecular weight excluding hydrogens is 352 g/mol. The van der Waals surface area contributed by atoms with E-state index in [1.54, 1.807) is 0 Å². The number of rotatable bonds is 3. The third kappa shape index (κ3) is 3.55. The molecule has 3 aromatic rings. The minimum atomic E-state index is 0.677. The van der Waals surface area contributed by atoms with E-state index in [1.807, 2.05) is 0 Å². The first kappa shape index (κ1) is 18.7. The quantitative estimate of drug-likeness (QED) is 0.499. The first-order chi connectivity index (χ1) is 14.2. The van der Waals surface area contributed by atoms with Crippen molar-refractivity contribution in [3.63, 3.8) is 0 Å². The van der Waals surface area contributed by atoms with Crippen molar-refractivity contribution in [1.29, 1.82) is 0 Å². The van der Waals surface area contributed by atoms with Gasteiger partial charge in [-0.25, -0.2) is 0 Å². The normalized spacial score (nSPS) is 18.9. The molecule has 0 bridgehead atoms. The minimum absolute atomic E-state index is 0.677. The number of fused-ring (bicyclic) bond motifs is 3. The maximum atomic E-state index is 2.55. The highest BCUT2D eigenvalue weighted by Gasteiger charge is 2.24. The summed E-state index contributed by atoms with van der Waals surface area (Å²) in [5.74, 6) is 0.677. The number of likely N-dealkylation sites (N-methyl/N-ethyl adjacent to an activating group) is 1. The first-order valence-corrected chi connectivity index (χ1v) is 11.3. The van der Waals surface area contributed by atoms with Gasteiger partial charge in [0.25, 0.3) is 0 Å². The maximum Gasteiger partial charge on any atom is 0.0529 e. The van der Waals surface area contributed by atoms with Crippen molar-refractivity contribution in [2.75, 3.05) is 13.6 Å². The summed E-state index contributed by atoms with van der Waals surface area (Å²) in [7, 11) is 2.25. The predicted octanol–water partition coefficient (Wildman–Crippen LogP) is 6.52. The van der Waals surface area contributed by atoms with E-state index >= 15 is 0 Å². The fraction of sp³-hybridized carbons (Fsp3) is 0.407. The average molecular weight is 385 g/mol. The second-order valence-corrected chi connectivity index (χ2v) is 9.09. The Balaban J connectivity index is 1.71. The van der Waals surface area contributed by atoms with E-state index in [4.69, 9.17) is 0 Å². The molecule has 0 N–H and O–H groups in total. The van der Waals surface area contributed by atoms with Gasteiger partial charge >= 0.3 is 0 Å². The van der Waals surface area contributed by atoms with Gasteiger partial charge in [-0.15, -0.1) is 0 Å². The van der Waals surface area contributed by atoms with Crippen LogP contribution in [-0.2, 0) is 13.0 Å². The Kier molecular flexibility index (Phi) is 5.05. The summed E-state index contributed by atoms with van der Waals surface area (Å²) in [6.07, 6.45) is 10.4. The molecule has 150 valence electrons. The van der Waals surface area contributed by atoms with Crippen LogP contribution in [0.1, 0.15) is 54.5 Å². The molecule has 1 saturated carbocycles. The van der Waals surface area contributed by atoms with Crippen LogP contribution in [0.5, 0.6) is 0 Å². The Morgan fingerprint density at radius 3 is 2.59 bits per heavy atom. The lowest BCUT2D eigenvalue weighted by molar-refractivity contribution is 0.312. The highest BCUT2D eigenvalue weighted by Crippen LogP contribution is 2.38. The molecule has 0 unspecified atom stereocenters. The van der Waals surface area contributed by atoms with Crippen LogP contribution in [0.25, 0.3) is 22.7 Å². The molecule has 0 saturated heterocycles. The van der Waals surface area contributed by atoms with Gasteiger partial charge in [-0.05, 0) is 61.6 Å². The van der Waals surface area contributed by atoms with Crippen LogP contribution in [0.2, 0.25) is 0 Å². The maximum absolute atomic E-state index is 2.55. The Hall–Kier alpha value is -2.32. The molecule has 1 aliphatic carbocycles. The molecule has 0 amide bonds. The standard InChI is InChI=1S/C27H32N2/c1-20-13-14-26-23(17-20)25-18-28(2)16-15-27(25)29(26)19-24(21-9-5-3-6-10-21)22-11-7-4-8-12-22/h3,5-6,9-10,13-14,17,19,22H,4,7-8,11-12,15-16,18H2,1-2H3. The summed E-state index contributed by atoms with van der Waals surface area (Å²) in [6, 6.07) is 18.1. The van der Waals surface area contributed by atoms with Gasteiger partial charge < -0.3 is 9.47 Å². The van der Waals surface area contributed by atoms with Gasteiger partial charge in [0, 0.05) is 36.8 Å². The molecule has 29 heavy (non-hydrogen) atoms. The average Bonchev–Trinajstić information content (AvgIpc) is 3.05. The highest BCUT2D eigenvalue weighted by atomic mass is 15.1. The van der Waals surface area contributed by atoms with Crippen LogP contribution in [0.3, 0.4) is 0 Å². The van der Waals surface area contributed by atoms with Gasteiger partial charge in [0.05, 0.1) is 5.52 Å². The van der Waals surface area contributed by atoms with Gasteiger partial charge in [-0.2, -0.15) is 0 Å². The van der Waals surface area contributed by atoms with Crippen molar-refractivity contribution >= 4 is 22.7 Å². The highest BCUT2D eigenvalue weighted by molar-refractivity contribution is 5.91. The molecule has 0 atom stereocenters. The molecule has 2 aromatic carbocycles. The molecule has 1 aromatic heterocycles. The number of hydrogen-bond donors (Lipinski definition) is 0. The van der Waals surface area contributed by atoms with E-state index < -0.39 is 0 Å². The topological polar surface area (TPSA) is 8.17 Å². The largest absolute Gasteiger partial charge is 0.320 e. The summed E-state index contributed by atoms with van der Waals surface area (Å²) < 4.78 is 2.55. The lowest BCUT2D eigenvalue weighted by Gasteiger charge is -2.26. The van der Waals surface area contributed by atoms with Crippen LogP contribution in [-0.4, -0.2) is 23.1 Å². The number of hydrogen-bond acceptors (Lipinski definition) is 1. The molecule has 1 fully saturated rings. The second-order valence-electron chi connectivity index (χ2n) is 9.09. The Bertz CT molecular complexity index is 1040. The number of aromatic nitrogens is 1. The summed E-state index contributed by atoms with van der Waals surface area (Å²) in [5, 5.41) is 1.44. The van der Waals surface area contributed by atoms with Crippen LogP contribution < -0.4 is 0 Å². The second kappa shape index (κ2) is 7.84. The van der Waals surface area contributed by atoms with Gasteiger partial charge in [0.1, 0.15) is 0 Å². The van der Waals surface area contributed by atoms with E-state index in [-0.39, 0.29) is 0 Å². The molecule has 0 spiro atoms. The Morgan fingerprint density at radius 2 is 1.79 bits per heavy atom. The summed E-state index contributed by atoms with van der Waals surface area (Å²) in [6.45, 7) is 4.41. The molecule has 2 aliphatic rings. The molecule has 2 nitrogen and oxygen atoms in total. The first-order valence-electron chi connectivity index (χ1n) is 11.3. The van der Waals surface area contributed by atoms with Crippen molar-refractivity contribution in [3.8, 4) is 0 Å².